The Bertz CT molecular complexity index is 271. The van der Waals surface area contributed by atoms with Crippen LogP contribution in [0, 0.1) is 6.92 Å². The molecule has 0 radical (unpaired) electrons. The van der Waals surface area contributed by atoms with Crippen molar-refractivity contribution in [1.29, 1.82) is 0 Å². The summed E-state index contributed by atoms with van der Waals surface area (Å²) in [7, 11) is 0. The van der Waals surface area contributed by atoms with Gasteiger partial charge in [-0.1, -0.05) is 0 Å². The minimum absolute atomic E-state index is 0.0950. The molecule has 1 aromatic carbocycles. The van der Waals surface area contributed by atoms with Crippen molar-refractivity contribution in [2.75, 3.05) is 0 Å². The normalized spacial score (nSPS) is 10.2. The molecule has 1 N–H and O–H groups in total. The molecule has 1 rings (SSSR count). The Labute approximate surface area is 82.7 Å². The van der Waals surface area contributed by atoms with Crippen LogP contribution in [0.2, 0.25) is 0 Å². The van der Waals surface area contributed by atoms with Crippen LogP contribution in [-0.4, -0.2) is 5.11 Å². The molecule has 3 heteroatoms. The van der Waals surface area contributed by atoms with Gasteiger partial charge < -0.3 is 5.11 Å². The average molecular weight is 280 g/mol. The van der Waals surface area contributed by atoms with Gasteiger partial charge in [-0.25, -0.2) is 0 Å². The van der Waals surface area contributed by atoms with Gasteiger partial charge in [0.2, 0.25) is 0 Å². The molecule has 0 aliphatic carbocycles. The molecule has 0 aliphatic rings. The van der Waals surface area contributed by atoms with Gasteiger partial charge in [0.05, 0.1) is 6.61 Å². The van der Waals surface area contributed by atoms with Gasteiger partial charge in [-0.2, -0.15) is 0 Å². The Hall–Kier alpha value is 0.140. The second kappa shape index (κ2) is 3.70. The highest BCUT2D eigenvalue weighted by atomic mass is 79.9. The summed E-state index contributed by atoms with van der Waals surface area (Å²) in [5.41, 5.74) is 2.06. The molecule has 1 aromatic rings. The van der Waals surface area contributed by atoms with Gasteiger partial charge in [-0.3, -0.25) is 0 Å². The third-order valence-corrected chi connectivity index (χ3v) is 3.39. The lowest BCUT2D eigenvalue weighted by Crippen LogP contribution is -1.88. The number of aliphatic hydroxyl groups excluding tert-OH is 1. The van der Waals surface area contributed by atoms with Crippen molar-refractivity contribution in [3.63, 3.8) is 0 Å². The molecule has 0 amide bonds. The second-order valence-corrected chi connectivity index (χ2v) is 4.06. The summed E-state index contributed by atoms with van der Waals surface area (Å²) in [5.74, 6) is 0. The summed E-state index contributed by atoms with van der Waals surface area (Å²) in [4.78, 5) is 0. The molecule has 0 saturated carbocycles. The van der Waals surface area contributed by atoms with Gasteiger partial charge >= 0.3 is 0 Å². The van der Waals surface area contributed by atoms with Crippen molar-refractivity contribution < 1.29 is 5.11 Å². The van der Waals surface area contributed by atoms with E-state index in [1.54, 1.807) is 0 Å². The van der Waals surface area contributed by atoms with Crippen LogP contribution in [0.25, 0.3) is 0 Å². The number of rotatable bonds is 1. The Morgan fingerprint density at radius 3 is 2.36 bits per heavy atom. The quantitative estimate of drug-likeness (QED) is 0.838. The van der Waals surface area contributed by atoms with Crippen LogP contribution < -0.4 is 0 Å². The Balaban J connectivity index is 3.21. The van der Waals surface area contributed by atoms with Gasteiger partial charge in [-0.15, -0.1) is 0 Å². The SMILES string of the molecule is Cc1cc(Br)c(Br)cc1CO. The van der Waals surface area contributed by atoms with E-state index in [9.17, 15) is 0 Å². The highest BCUT2D eigenvalue weighted by Gasteiger charge is 2.01. The summed E-state index contributed by atoms with van der Waals surface area (Å²) in [6.45, 7) is 2.07. The molecule has 0 fully saturated rings. The summed E-state index contributed by atoms with van der Waals surface area (Å²) in [6.07, 6.45) is 0. The van der Waals surface area contributed by atoms with Crippen molar-refractivity contribution in [3.05, 3.63) is 32.2 Å². The molecule has 1 nitrogen and oxygen atoms in total. The maximum Gasteiger partial charge on any atom is 0.0684 e. The molecular weight excluding hydrogens is 272 g/mol. The molecule has 0 heterocycles. The fourth-order valence-corrected chi connectivity index (χ4v) is 1.71. The van der Waals surface area contributed by atoms with Crippen molar-refractivity contribution in [3.8, 4) is 0 Å². The lowest BCUT2D eigenvalue weighted by Gasteiger charge is -2.04. The van der Waals surface area contributed by atoms with Crippen molar-refractivity contribution >= 4 is 31.9 Å². The predicted molar refractivity (Wildman–Crippen MR) is 52.5 cm³/mol. The number of hydrogen-bond donors (Lipinski definition) is 1. The molecule has 0 bridgehead atoms. The Morgan fingerprint density at radius 1 is 1.27 bits per heavy atom. The topological polar surface area (TPSA) is 20.2 Å². The van der Waals surface area contributed by atoms with Crippen molar-refractivity contribution in [2.24, 2.45) is 0 Å². The molecule has 0 aromatic heterocycles. The minimum atomic E-state index is 0.0950. The standard InChI is InChI=1S/C8H8Br2O/c1-5-2-7(9)8(10)3-6(5)4-11/h2-3,11H,4H2,1H3. The Kier molecular flexibility index (Phi) is 3.10. The fourth-order valence-electron chi connectivity index (χ4n) is 0.858. The molecule has 0 saturated heterocycles. The van der Waals surface area contributed by atoms with Crippen LogP contribution in [0.4, 0.5) is 0 Å². The molecule has 0 aliphatic heterocycles. The maximum atomic E-state index is 8.90. The monoisotopic (exact) mass is 278 g/mol. The fraction of sp³-hybridized carbons (Fsp3) is 0.250. The lowest BCUT2D eigenvalue weighted by molar-refractivity contribution is 0.281. The van der Waals surface area contributed by atoms with E-state index in [0.717, 1.165) is 20.1 Å². The summed E-state index contributed by atoms with van der Waals surface area (Å²) in [6, 6.07) is 3.90. The second-order valence-electron chi connectivity index (χ2n) is 2.35. The molecule has 0 unspecified atom stereocenters. The van der Waals surface area contributed by atoms with Crippen molar-refractivity contribution in [1.82, 2.24) is 0 Å². The third kappa shape index (κ3) is 2.04. The van der Waals surface area contributed by atoms with E-state index < -0.39 is 0 Å². The number of hydrogen-bond acceptors (Lipinski definition) is 1. The maximum absolute atomic E-state index is 8.90. The number of halogens is 2. The van der Waals surface area contributed by atoms with Crippen LogP contribution in [0.1, 0.15) is 11.1 Å². The van der Waals surface area contributed by atoms with E-state index in [4.69, 9.17) is 5.11 Å². The van der Waals surface area contributed by atoms with Gasteiger partial charge in [0.15, 0.2) is 0 Å². The van der Waals surface area contributed by atoms with E-state index in [2.05, 4.69) is 31.9 Å². The molecule has 60 valence electrons. The first-order valence-electron chi connectivity index (χ1n) is 3.20. The molecule has 11 heavy (non-hydrogen) atoms. The molecular formula is C8H8Br2O. The van der Waals surface area contributed by atoms with E-state index in [1.165, 1.54) is 0 Å². The summed E-state index contributed by atoms with van der Waals surface area (Å²) >= 11 is 6.74. The minimum Gasteiger partial charge on any atom is -0.392 e. The van der Waals surface area contributed by atoms with Gasteiger partial charge in [-0.05, 0) is 62.0 Å². The van der Waals surface area contributed by atoms with Crippen LogP contribution in [-0.2, 0) is 6.61 Å². The zero-order valence-electron chi connectivity index (χ0n) is 6.06. The first-order chi connectivity index (χ1) is 5.15. The first-order valence-corrected chi connectivity index (χ1v) is 4.79. The lowest BCUT2D eigenvalue weighted by atomic mass is 10.1. The zero-order valence-corrected chi connectivity index (χ0v) is 9.24. The largest absolute Gasteiger partial charge is 0.392 e. The van der Waals surface area contributed by atoms with Crippen LogP contribution in [0.3, 0.4) is 0 Å². The van der Waals surface area contributed by atoms with E-state index >= 15 is 0 Å². The molecule has 0 atom stereocenters. The van der Waals surface area contributed by atoms with E-state index in [1.807, 2.05) is 19.1 Å². The van der Waals surface area contributed by atoms with E-state index in [-0.39, 0.29) is 6.61 Å². The highest BCUT2D eigenvalue weighted by molar-refractivity contribution is 9.13. The van der Waals surface area contributed by atoms with Gasteiger partial charge in [0.1, 0.15) is 0 Å². The van der Waals surface area contributed by atoms with Crippen molar-refractivity contribution in [2.45, 2.75) is 13.5 Å². The van der Waals surface area contributed by atoms with Gasteiger partial charge in [0, 0.05) is 8.95 Å². The Morgan fingerprint density at radius 2 is 1.82 bits per heavy atom. The van der Waals surface area contributed by atoms with Crippen LogP contribution in [0.5, 0.6) is 0 Å². The number of benzene rings is 1. The average Bonchev–Trinajstić information content (AvgIpc) is 1.97. The smallest absolute Gasteiger partial charge is 0.0684 e. The predicted octanol–water partition coefficient (Wildman–Crippen LogP) is 3.01. The summed E-state index contributed by atoms with van der Waals surface area (Å²) in [5, 5.41) is 8.90. The number of aryl methyl sites for hydroxylation is 1. The zero-order chi connectivity index (χ0) is 8.43. The number of aliphatic hydroxyl groups is 1. The molecule has 0 spiro atoms. The van der Waals surface area contributed by atoms with Crippen LogP contribution in [0.15, 0.2) is 21.1 Å². The van der Waals surface area contributed by atoms with Gasteiger partial charge in [0.25, 0.3) is 0 Å². The third-order valence-electron chi connectivity index (χ3n) is 1.55. The highest BCUT2D eigenvalue weighted by Crippen LogP contribution is 2.26. The van der Waals surface area contributed by atoms with Crippen LogP contribution >= 0.6 is 31.9 Å². The summed E-state index contributed by atoms with van der Waals surface area (Å²) < 4.78 is 2.00. The van der Waals surface area contributed by atoms with E-state index in [0.29, 0.717) is 0 Å². The first kappa shape index (κ1) is 9.23.